The number of hydrogen-bond donors (Lipinski definition) is 2. The summed E-state index contributed by atoms with van der Waals surface area (Å²) in [6.07, 6.45) is 1.55. The molecule has 0 spiro atoms. The molecule has 8 nitrogen and oxygen atoms in total. The molecule has 1 aliphatic heterocycles. The maximum atomic E-state index is 15.0. The number of piperidine rings is 1. The van der Waals surface area contributed by atoms with E-state index in [9.17, 15) is 24.4 Å². The second kappa shape index (κ2) is 10.1. The molecular weight excluding hydrogens is 500 g/mol. The zero-order valence-corrected chi connectivity index (χ0v) is 21.6. The van der Waals surface area contributed by atoms with Crippen LogP contribution in [0.3, 0.4) is 0 Å². The van der Waals surface area contributed by atoms with Crippen molar-refractivity contribution in [3.8, 4) is 34.5 Å². The van der Waals surface area contributed by atoms with E-state index in [-0.39, 0.29) is 23.5 Å². The van der Waals surface area contributed by atoms with Gasteiger partial charge in [0.05, 0.1) is 45.9 Å². The lowest BCUT2D eigenvalue weighted by molar-refractivity contribution is 0.0586. The van der Waals surface area contributed by atoms with Crippen LogP contribution >= 0.6 is 0 Å². The van der Waals surface area contributed by atoms with Gasteiger partial charge in [0.15, 0.2) is 0 Å². The van der Waals surface area contributed by atoms with Crippen LogP contribution in [0.15, 0.2) is 42.5 Å². The molecule has 2 aromatic heterocycles. The maximum Gasteiger partial charge on any atom is 0.240 e. The summed E-state index contributed by atoms with van der Waals surface area (Å²) in [5.74, 6) is -0.855. The minimum absolute atomic E-state index is 0.0850. The number of aliphatic hydroxyl groups is 1. The molecule has 0 atom stereocenters. The van der Waals surface area contributed by atoms with Crippen molar-refractivity contribution < 1.29 is 13.9 Å². The second-order valence-corrected chi connectivity index (χ2v) is 10.5. The molecule has 0 saturated carbocycles. The van der Waals surface area contributed by atoms with E-state index in [1.54, 1.807) is 44.2 Å². The van der Waals surface area contributed by atoms with Crippen LogP contribution < -0.4 is 10.6 Å². The maximum absolute atomic E-state index is 15.0. The highest BCUT2D eigenvalue weighted by molar-refractivity contribution is 5.92. The zero-order chi connectivity index (χ0) is 27.9. The van der Waals surface area contributed by atoms with Gasteiger partial charge in [0, 0.05) is 30.3 Å². The molecule has 1 saturated heterocycles. The summed E-state index contributed by atoms with van der Waals surface area (Å²) in [4.78, 5) is 6.91. The normalized spacial score (nSPS) is 14.4. The largest absolute Gasteiger partial charge is 0.389 e. The highest BCUT2D eigenvalue weighted by Crippen LogP contribution is 2.38. The van der Waals surface area contributed by atoms with E-state index in [0.717, 1.165) is 12.8 Å². The van der Waals surface area contributed by atoms with Gasteiger partial charge in [-0.3, -0.25) is 4.68 Å². The Morgan fingerprint density at radius 2 is 1.72 bits per heavy atom. The average Bonchev–Trinajstić information content (AvgIpc) is 3.21. The van der Waals surface area contributed by atoms with E-state index >= 15 is 0 Å². The Bertz CT molecular complexity index is 1650. The third kappa shape index (κ3) is 5.17. The van der Waals surface area contributed by atoms with Crippen molar-refractivity contribution in [1.82, 2.24) is 14.8 Å². The summed E-state index contributed by atoms with van der Waals surface area (Å²) >= 11 is 0. The van der Waals surface area contributed by atoms with Gasteiger partial charge in [0.25, 0.3) is 0 Å². The molecule has 198 valence electrons. The fourth-order valence-electron chi connectivity index (χ4n) is 4.95. The SMILES string of the molecule is CC(C)(O)Cn1nc(F)c2cc(-c3c(C#N)cc(N4CCC(N)CC4)nc3-c3ccc(C#N)c(F)c3)ccc21. The first-order valence-electron chi connectivity index (χ1n) is 12.6. The number of benzene rings is 2. The lowest BCUT2D eigenvalue weighted by Crippen LogP contribution is -2.40. The molecule has 39 heavy (non-hydrogen) atoms. The van der Waals surface area contributed by atoms with Crippen molar-refractivity contribution in [1.29, 1.82) is 10.5 Å². The monoisotopic (exact) mass is 527 g/mol. The summed E-state index contributed by atoms with van der Waals surface area (Å²) in [5.41, 5.74) is 7.26. The van der Waals surface area contributed by atoms with Gasteiger partial charge in [-0.05, 0) is 62.6 Å². The van der Waals surface area contributed by atoms with Crippen LogP contribution in [0.5, 0.6) is 0 Å². The van der Waals surface area contributed by atoms with E-state index < -0.39 is 17.4 Å². The summed E-state index contributed by atoms with van der Waals surface area (Å²) in [6.45, 7) is 4.63. The molecule has 0 aliphatic carbocycles. The third-order valence-corrected chi connectivity index (χ3v) is 6.88. The molecule has 3 heterocycles. The summed E-state index contributed by atoms with van der Waals surface area (Å²) < 4.78 is 31.1. The standard InChI is InChI=1S/C29H27F2N7O/c1-29(2,39)16-38-24-6-5-17(11-22(24)28(31)36-38)26-20(15-33)13-25(37-9-7-21(34)8-10-37)35-27(26)18-3-4-19(14-32)23(30)12-18/h3-6,11-13,21,39H,7-10,16,34H2,1-2H3. The Morgan fingerprint density at radius 1 is 1.03 bits per heavy atom. The first-order chi connectivity index (χ1) is 18.6. The molecule has 0 radical (unpaired) electrons. The first-order valence-corrected chi connectivity index (χ1v) is 12.6. The molecule has 4 aromatic rings. The van der Waals surface area contributed by atoms with E-state index in [4.69, 9.17) is 10.7 Å². The minimum atomic E-state index is -1.11. The topological polar surface area (TPSA) is 128 Å². The fraction of sp³-hybridized carbons (Fsp3) is 0.310. The predicted molar refractivity (Wildman–Crippen MR) is 143 cm³/mol. The number of aromatic nitrogens is 3. The highest BCUT2D eigenvalue weighted by Gasteiger charge is 2.24. The van der Waals surface area contributed by atoms with Crippen LogP contribution in [0.2, 0.25) is 0 Å². The Kier molecular flexibility index (Phi) is 6.77. The van der Waals surface area contributed by atoms with Gasteiger partial charge in [-0.15, -0.1) is 5.10 Å². The molecule has 3 N–H and O–H groups in total. The van der Waals surface area contributed by atoms with Gasteiger partial charge in [0.2, 0.25) is 5.95 Å². The third-order valence-electron chi connectivity index (χ3n) is 6.88. The molecule has 0 amide bonds. The van der Waals surface area contributed by atoms with Crippen molar-refractivity contribution in [2.45, 2.75) is 44.9 Å². The highest BCUT2D eigenvalue weighted by atomic mass is 19.1. The number of hydrogen-bond acceptors (Lipinski definition) is 7. The fourth-order valence-corrected chi connectivity index (χ4v) is 4.95. The van der Waals surface area contributed by atoms with Crippen molar-refractivity contribution >= 4 is 16.7 Å². The number of anilines is 1. The number of rotatable bonds is 5. The van der Waals surface area contributed by atoms with Crippen LogP contribution in [-0.4, -0.2) is 44.6 Å². The molecule has 10 heteroatoms. The van der Waals surface area contributed by atoms with Crippen LogP contribution in [0.1, 0.15) is 37.8 Å². The number of halogens is 2. The molecule has 1 aliphatic rings. The Morgan fingerprint density at radius 3 is 2.36 bits per heavy atom. The zero-order valence-electron chi connectivity index (χ0n) is 21.6. The molecular formula is C29H27F2N7O. The minimum Gasteiger partial charge on any atom is -0.389 e. The van der Waals surface area contributed by atoms with Crippen LogP contribution in [0.4, 0.5) is 14.6 Å². The van der Waals surface area contributed by atoms with Gasteiger partial charge in [-0.2, -0.15) is 14.9 Å². The first kappa shape index (κ1) is 26.2. The molecule has 5 rings (SSSR count). The van der Waals surface area contributed by atoms with E-state index in [1.807, 2.05) is 11.0 Å². The van der Waals surface area contributed by atoms with Gasteiger partial charge >= 0.3 is 0 Å². The van der Waals surface area contributed by atoms with Crippen molar-refractivity contribution in [3.05, 3.63) is 65.4 Å². The van der Waals surface area contributed by atoms with E-state index in [0.29, 0.717) is 52.4 Å². The lowest BCUT2D eigenvalue weighted by atomic mass is 9.93. The number of pyridine rings is 1. The van der Waals surface area contributed by atoms with Gasteiger partial charge in [-0.1, -0.05) is 12.1 Å². The summed E-state index contributed by atoms with van der Waals surface area (Å²) in [7, 11) is 0. The summed E-state index contributed by atoms with van der Waals surface area (Å²) in [5, 5.41) is 33.8. The number of nitrogens with zero attached hydrogens (tertiary/aromatic N) is 6. The quantitative estimate of drug-likeness (QED) is 0.392. The average molecular weight is 528 g/mol. The smallest absolute Gasteiger partial charge is 0.240 e. The van der Waals surface area contributed by atoms with Gasteiger partial charge in [0.1, 0.15) is 17.7 Å². The van der Waals surface area contributed by atoms with E-state index in [2.05, 4.69) is 11.2 Å². The van der Waals surface area contributed by atoms with Crippen molar-refractivity contribution in [2.75, 3.05) is 18.0 Å². The lowest BCUT2D eigenvalue weighted by Gasteiger charge is -2.31. The van der Waals surface area contributed by atoms with Gasteiger partial charge in [-0.25, -0.2) is 9.37 Å². The molecule has 1 fully saturated rings. The number of nitrogens with two attached hydrogens (primary N) is 1. The van der Waals surface area contributed by atoms with E-state index in [1.165, 1.54) is 16.8 Å². The van der Waals surface area contributed by atoms with Crippen LogP contribution in [0, 0.1) is 34.4 Å². The Hall–Kier alpha value is -4.38. The number of fused-ring (bicyclic) bond motifs is 1. The van der Waals surface area contributed by atoms with Crippen molar-refractivity contribution in [2.24, 2.45) is 5.73 Å². The summed E-state index contributed by atoms with van der Waals surface area (Å²) in [6, 6.07) is 15.0. The number of nitriles is 2. The van der Waals surface area contributed by atoms with Crippen LogP contribution in [-0.2, 0) is 6.54 Å². The van der Waals surface area contributed by atoms with Gasteiger partial charge < -0.3 is 15.7 Å². The Balaban J connectivity index is 1.72. The Labute approximate surface area is 224 Å². The predicted octanol–water partition coefficient (Wildman–Crippen LogP) is 4.49. The molecule has 0 unspecified atom stereocenters. The van der Waals surface area contributed by atoms with Crippen LogP contribution in [0.25, 0.3) is 33.3 Å². The van der Waals surface area contributed by atoms with Crippen molar-refractivity contribution in [3.63, 3.8) is 0 Å². The molecule has 0 bridgehead atoms. The second-order valence-electron chi connectivity index (χ2n) is 10.5. The molecule has 2 aromatic carbocycles.